The first-order valence-electron chi connectivity index (χ1n) is 12.4. The molecule has 5 rings (SSSR count). The van der Waals surface area contributed by atoms with Gasteiger partial charge in [0.05, 0.1) is 13.2 Å². The number of ether oxygens (including phenoxy) is 1. The van der Waals surface area contributed by atoms with Crippen molar-refractivity contribution in [2.45, 2.75) is 38.8 Å². The highest BCUT2D eigenvalue weighted by molar-refractivity contribution is 6.38. The first kappa shape index (κ1) is 24.8. The van der Waals surface area contributed by atoms with Gasteiger partial charge in [-0.2, -0.15) is 0 Å². The third kappa shape index (κ3) is 4.11. The molecule has 37 heavy (non-hydrogen) atoms. The zero-order chi connectivity index (χ0) is 26.6. The number of H-pyrrole nitrogens is 1. The molecule has 0 spiro atoms. The van der Waals surface area contributed by atoms with E-state index in [9.17, 15) is 24.0 Å². The molecule has 11 heteroatoms. The number of fused-ring (bicyclic) bond motifs is 2. The lowest BCUT2D eigenvalue weighted by Crippen LogP contribution is -2.55. The maximum atomic E-state index is 13.6. The van der Waals surface area contributed by atoms with Crippen molar-refractivity contribution in [2.75, 3.05) is 20.2 Å². The fourth-order valence-electron chi connectivity index (χ4n) is 6.19. The molecule has 1 aromatic heterocycles. The molecule has 2 saturated heterocycles. The molecule has 196 valence electrons. The number of piperidine rings is 1. The predicted octanol–water partition coefficient (Wildman–Crippen LogP) is 0.339. The number of primary amides is 1. The van der Waals surface area contributed by atoms with Gasteiger partial charge < -0.3 is 31.0 Å². The van der Waals surface area contributed by atoms with Crippen LogP contribution in [-0.4, -0.2) is 71.6 Å². The highest BCUT2D eigenvalue weighted by Gasteiger charge is 2.69. The summed E-state index contributed by atoms with van der Waals surface area (Å²) in [5, 5.41) is 6.11. The largest absolute Gasteiger partial charge is 0.496 e. The standard InChI is InChI=1S/C26H31N5O6/c1-26(2)14-11-31(25(36)17-10-13-15(29-17)5-4-6-18(13)37-3)20(19(14)26)24(35)30-16(21(32)22(27)33)9-12-7-8-28-23(12)34/h4-6,10,12,14,16,19-20,29H,7-9,11H2,1-3H3,(H2,27,33)(H,28,34)(H,30,35)/t12-,14?,16-,19-,20-/m0/s1. The molecule has 5 N–H and O–H groups in total. The average molecular weight is 510 g/mol. The Hall–Kier alpha value is -3.89. The monoisotopic (exact) mass is 509 g/mol. The Bertz CT molecular complexity index is 1320. The molecule has 11 nitrogen and oxygen atoms in total. The highest BCUT2D eigenvalue weighted by Crippen LogP contribution is 2.65. The van der Waals surface area contributed by atoms with E-state index in [0.29, 0.717) is 31.0 Å². The molecule has 1 aliphatic carbocycles. The van der Waals surface area contributed by atoms with Crippen LogP contribution in [0, 0.1) is 23.2 Å². The van der Waals surface area contributed by atoms with Crippen molar-refractivity contribution < 1.29 is 28.7 Å². The number of rotatable bonds is 8. The van der Waals surface area contributed by atoms with Crippen LogP contribution in [-0.2, 0) is 19.2 Å². The van der Waals surface area contributed by atoms with Gasteiger partial charge in [0.15, 0.2) is 0 Å². The van der Waals surface area contributed by atoms with Crippen molar-refractivity contribution in [3.05, 3.63) is 30.0 Å². The molecule has 1 saturated carbocycles. The van der Waals surface area contributed by atoms with Crippen LogP contribution in [0.25, 0.3) is 10.9 Å². The Balaban J connectivity index is 1.41. The second kappa shape index (κ2) is 8.89. The molecule has 0 radical (unpaired) electrons. The normalized spacial score (nSPS) is 26.4. The summed E-state index contributed by atoms with van der Waals surface area (Å²) >= 11 is 0. The second-order valence-electron chi connectivity index (χ2n) is 10.8. The smallest absolute Gasteiger partial charge is 0.287 e. The Kier molecular flexibility index (Phi) is 5.96. The van der Waals surface area contributed by atoms with Crippen molar-refractivity contribution >= 4 is 40.3 Å². The molecular weight excluding hydrogens is 478 g/mol. The molecule has 1 aromatic carbocycles. The molecule has 0 bridgehead atoms. The maximum Gasteiger partial charge on any atom is 0.287 e. The summed E-state index contributed by atoms with van der Waals surface area (Å²) in [5.74, 6) is -3.11. The van der Waals surface area contributed by atoms with Crippen molar-refractivity contribution in [2.24, 2.45) is 28.9 Å². The van der Waals surface area contributed by atoms with E-state index in [1.807, 2.05) is 26.0 Å². The number of nitrogens with two attached hydrogens (primary N) is 1. The minimum absolute atomic E-state index is 0.0285. The summed E-state index contributed by atoms with van der Waals surface area (Å²) in [6.45, 7) is 4.95. The number of hydrogen-bond acceptors (Lipinski definition) is 6. The summed E-state index contributed by atoms with van der Waals surface area (Å²) in [6.07, 6.45) is 0.464. The van der Waals surface area contributed by atoms with Crippen LogP contribution in [0.2, 0.25) is 0 Å². The molecular formula is C26H31N5O6. The Morgan fingerprint density at radius 3 is 2.68 bits per heavy atom. The minimum Gasteiger partial charge on any atom is -0.496 e. The lowest BCUT2D eigenvalue weighted by molar-refractivity contribution is -0.139. The number of Topliss-reactive ketones (excluding diaryl/α,β-unsaturated/α-hetero) is 1. The van der Waals surface area contributed by atoms with Gasteiger partial charge in [-0.1, -0.05) is 19.9 Å². The summed E-state index contributed by atoms with van der Waals surface area (Å²) in [6, 6.07) is 5.09. The van der Waals surface area contributed by atoms with E-state index in [4.69, 9.17) is 10.5 Å². The van der Waals surface area contributed by atoms with Crippen molar-refractivity contribution in [3.8, 4) is 5.75 Å². The number of ketones is 1. The number of carbonyl (C=O) groups excluding carboxylic acids is 5. The van der Waals surface area contributed by atoms with Crippen LogP contribution >= 0.6 is 0 Å². The van der Waals surface area contributed by atoms with Crippen LogP contribution in [0.3, 0.4) is 0 Å². The molecule has 1 unspecified atom stereocenters. The van der Waals surface area contributed by atoms with E-state index in [-0.39, 0.29) is 35.5 Å². The van der Waals surface area contributed by atoms with Crippen molar-refractivity contribution in [3.63, 3.8) is 0 Å². The van der Waals surface area contributed by atoms with Gasteiger partial charge in [-0.3, -0.25) is 24.0 Å². The number of amides is 4. The first-order chi connectivity index (χ1) is 17.5. The van der Waals surface area contributed by atoms with Crippen LogP contribution in [0.15, 0.2) is 24.3 Å². The van der Waals surface area contributed by atoms with Gasteiger partial charge in [0, 0.05) is 29.9 Å². The summed E-state index contributed by atoms with van der Waals surface area (Å²) in [5.41, 5.74) is 6.15. The van der Waals surface area contributed by atoms with Crippen LogP contribution in [0.1, 0.15) is 37.2 Å². The van der Waals surface area contributed by atoms with E-state index >= 15 is 0 Å². The van der Waals surface area contributed by atoms with E-state index in [1.165, 1.54) is 4.90 Å². The van der Waals surface area contributed by atoms with Gasteiger partial charge in [-0.05, 0) is 48.3 Å². The van der Waals surface area contributed by atoms with Crippen molar-refractivity contribution in [1.29, 1.82) is 0 Å². The molecule has 4 amide bonds. The van der Waals surface area contributed by atoms with Gasteiger partial charge in [0.1, 0.15) is 17.5 Å². The quantitative estimate of drug-likeness (QED) is 0.375. The van der Waals surface area contributed by atoms with Crippen LogP contribution in [0.5, 0.6) is 5.75 Å². The number of nitrogens with zero attached hydrogens (tertiary/aromatic N) is 1. The fourth-order valence-corrected chi connectivity index (χ4v) is 6.19. The number of hydrogen-bond donors (Lipinski definition) is 4. The summed E-state index contributed by atoms with van der Waals surface area (Å²) in [7, 11) is 1.55. The molecule has 2 aliphatic heterocycles. The third-order valence-electron chi connectivity index (χ3n) is 8.37. The van der Waals surface area contributed by atoms with Crippen LogP contribution in [0.4, 0.5) is 0 Å². The van der Waals surface area contributed by atoms with E-state index < -0.39 is 35.6 Å². The van der Waals surface area contributed by atoms with Gasteiger partial charge in [0.25, 0.3) is 11.8 Å². The third-order valence-corrected chi connectivity index (χ3v) is 8.37. The number of carbonyl (C=O) groups is 5. The number of benzene rings is 1. The van der Waals surface area contributed by atoms with Gasteiger partial charge >= 0.3 is 0 Å². The van der Waals surface area contributed by atoms with Gasteiger partial charge in [-0.15, -0.1) is 0 Å². The predicted molar refractivity (Wildman–Crippen MR) is 132 cm³/mol. The van der Waals surface area contributed by atoms with E-state index in [1.54, 1.807) is 19.2 Å². The zero-order valence-electron chi connectivity index (χ0n) is 21.0. The molecule has 3 fully saturated rings. The fraction of sp³-hybridized carbons (Fsp3) is 0.500. The topological polar surface area (TPSA) is 164 Å². The van der Waals surface area contributed by atoms with Crippen LogP contribution < -0.4 is 21.1 Å². The summed E-state index contributed by atoms with van der Waals surface area (Å²) < 4.78 is 5.40. The zero-order valence-corrected chi connectivity index (χ0v) is 21.0. The van der Waals surface area contributed by atoms with E-state index in [0.717, 1.165) is 10.9 Å². The summed E-state index contributed by atoms with van der Waals surface area (Å²) in [4.78, 5) is 68.3. The first-order valence-corrected chi connectivity index (χ1v) is 12.4. The average Bonchev–Trinajstić information content (AvgIpc) is 3.38. The number of aromatic amines is 1. The highest BCUT2D eigenvalue weighted by atomic mass is 16.5. The van der Waals surface area contributed by atoms with Crippen molar-refractivity contribution in [1.82, 2.24) is 20.5 Å². The minimum atomic E-state index is -1.24. The molecule has 5 atom stereocenters. The number of nitrogens with one attached hydrogen (secondary N) is 3. The number of likely N-dealkylation sites (tertiary alicyclic amines) is 1. The molecule has 3 heterocycles. The van der Waals surface area contributed by atoms with Gasteiger partial charge in [0.2, 0.25) is 17.6 Å². The maximum absolute atomic E-state index is 13.6. The Morgan fingerprint density at radius 2 is 2.03 bits per heavy atom. The van der Waals surface area contributed by atoms with E-state index in [2.05, 4.69) is 15.6 Å². The lowest BCUT2D eigenvalue weighted by atomic mass is 9.94. The second-order valence-corrected chi connectivity index (χ2v) is 10.8. The SMILES string of the molecule is COc1cccc2[nH]c(C(=O)N3CC4[C@@H]([C@H]3C(=O)N[C@@H](C[C@@H]3CCNC3=O)C(=O)C(N)=O)C4(C)C)cc12. The molecule has 2 aromatic rings. The number of aromatic nitrogens is 1. The lowest BCUT2D eigenvalue weighted by Gasteiger charge is -2.31. The Labute approximate surface area is 213 Å². The Morgan fingerprint density at radius 1 is 1.27 bits per heavy atom. The number of methoxy groups -OCH3 is 1. The van der Waals surface area contributed by atoms with Gasteiger partial charge in [-0.25, -0.2) is 0 Å². The molecule has 3 aliphatic rings.